The number of carbonyl (C=O) groups excluding carboxylic acids is 1. The number of nitrogens with zero attached hydrogens (tertiary/aromatic N) is 3. The topological polar surface area (TPSA) is 140 Å². The highest BCUT2D eigenvalue weighted by Crippen LogP contribution is 2.22. The number of aryl methyl sites for hydroxylation is 1. The van der Waals surface area contributed by atoms with Crippen molar-refractivity contribution in [3.63, 3.8) is 0 Å². The number of rotatable bonds is 9. The minimum Gasteiger partial charge on any atom is -0.423 e. The number of fused-ring (bicyclic) bond motifs is 1. The lowest BCUT2D eigenvalue weighted by Gasteiger charge is -2.26. The lowest BCUT2D eigenvalue weighted by atomic mass is 10.1. The van der Waals surface area contributed by atoms with Crippen molar-refractivity contribution in [1.82, 2.24) is 19.9 Å². The Morgan fingerprint density at radius 1 is 1.22 bits per heavy atom. The molecule has 2 aromatic heterocycles. The number of anilines is 1. The number of benzene rings is 1. The van der Waals surface area contributed by atoms with Gasteiger partial charge in [0.2, 0.25) is 0 Å². The molecule has 1 saturated heterocycles. The second-order valence-corrected chi connectivity index (χ2v) is 10.3. The zero-order valence-corrected chi connectivity index (χ0v) is 20.7. The third-order valence-electron chi connectivity index (χ3n) is 6.13. The van der Waals surface area contributed by atoms with Crippen molar-refractivity contribution in [2.45, 2.75) is 13.0 Å². The third kappa shape index (κ3) is 6.29. The summed E-state index contributed by atoms with van der Waals surface area (Å²) in [4.78, 5) is 31.7. The first kappa shape index (κ1) is 26.6. The molecule has 1 atom stereocenters. The fourth-order valence-corrected chi connectivity index (χ4v) is 5.12. The molecule has 0 radical (unpaired) electrons. The normalized spacial score (nSPS) is 15.1. The smallest absolute Gasteiger partial charge is 0.299 e. The summed E-state index contributed by atoms with van der Waals surface area (Å²) in [5.41, 5.74) is 4.84. The number of ether oxygens (including phenoxy) is 1. The summed E-state index contributed by atoms with van der Waals surface area (Å²) in [7, 11) is -1.07. The molecule has 1 aromatic carbocycles. The molecular weight excluding hydrogens is 508 g/mol. The van der Waals surface area contributed by atoms with Gasteiger partial charge in [0, 0.05) is 71.7 Å². The van der Waals surface area contributed by atoms with Crippen LogP contribution < -0.4 is 16.6 Å². The zero-order chi connectivity index (χ0) is 26.5. The summed E-state index contributed by atoms with van der Waals surface area (Å²) in [6, 6.07) is 4.47. The van der Waals surface area contributed by atoms with E-state index in [0.717, 1.165) is 25.7 Å². The summed E-state index contributed by atoms with van der Waals surface area (Å²) in [5, 5.41) is 12.8. The molecule has 1 aliphatic heterocycles. The second-order valence-electron chi connectivity index (χ2n) is 8.59. The molecule has 1 amide bonds. The Hall–Kier alpha value is -3.42. The molecule has 1 unspecified atom stereocenters. The Morgan fingerprint density at radius 2 is 1.97 bits per heavy atom. The van der Waals surface area contributed by atoms with E-state index in [-0.39, 0.29) is 33.6 Å². The number of nitrogens with two attached hydrogens (primary N) is 1. The predicted octanol–water partition coefficient (Wildman–Crippen LogP) is 1.05. The molecule has 0 aliphatic carbocycles. The molecule has 1 fully saturated rings. The van der Waals surface area contributed by atoms with Crippen LogP contribution in [0.1, 0.15) is 21.5 Å². The monoisotopic (exact) mass is 535 g/mol. The lowest BCUT2D eigenvalue weighted by Crippen LogP contribution is -2.38. The fourth-order valence-electron chi connectivity index (χ4n) is 3.99. The molecule has 1 aliphatic rings. The Kier molecular flexibility index (Phi) is 8.46. The number of morpholine rings is 1. The molecule has 13 heteroatoms. The van der Waals surface area contributed by atoms with Gasteiger partial charge in [0.05, 0.1) is 18.9 Å². The van der Waals surface area contributed by atoms with Gasteiger partial charge in [-0.2, -0.15) is 0 Å². The average molecular weight is 536 g/mol. The predicted molar refractivity (Wildman–Crippen MR) is 134 cm³/mol. The second kappa shape index (κ2) is 11.8. The molecule has 37 heavy (non-hydrogen) atoms. The van der Waals surface area contributed by atoms with Crippen molar-refractivity contribution >= 4 is 33.4 Å². The van der Waals surface area contributed by atoms with Crippen LogP contribution in [0.4, 0.5) is 14.5 Å². The minimum absolute atomic E-state index is 0.00371. The van der Waals surface area contributed by atoms with E-state index in [2.05, 4.69) is 15.2 Å². The summed E-state index contributed by atoms with van der Waals surface area (Å²) < 4.78 is 45.0. The SMILES string of the molecule is Nc1c(C(=O)NCc2ccc(F)cc2F)c(=O)n(O)c2ncc(CCS(=O)CCN3CCOCC3)cc12. The number of amides is 1. The van der Waals surface area contributed by atoms with E-state index in [9.17, 15) is 27.8 Å². The summed E-state index contributed by atoms with van der Waals surface area (Å²) in [6.45, 7) is 3.38. The summed E-state index contributed by atoms with van der Waals surface area (Å²) in [5.74, 6) is -1.66. The Bertz CT molecular complexity index is 1390. The molecule has 4 rings (SSSR count). The van der Waals surface area contributed by atoms with Crippen molar-refractivity contribution < 1.29 is 27.7 Å². The van der Waals surface area contributed by atoms with Crippen molar-refractivity contribution in [3.05, 3.63) is 69.1 Å². The molecule has 3 aromatic rings. The molecule has 198 valence electrons. The van der Waals surface area contributed by atoms with E-state index in [0.29, 0.717) is 42.8 Å². The van der Waals surface area contributed by atoms with Crippen molar-refractivity contribution in [2.24, 2.45) is 0 Å². The largest absolute Gasteiger partial charge is 0.423 e. The van der Waals surface area contributed by atoms with E-state index in [1.54, 1.807) is 6.07 Å². The van der Waals surface area contributed by atoms with Crippen LogP contribution in [-0.4, -0.2) is 74.3 Å². The van der Waals surface area contributed by atoms with Gasteiger partial charge in [-0.1, -0.05) is 6.07 Å². The van der Waals surface area contributed by atoms with Gasteiger partial charge in [0.15, 0.2) is 5.65 Å². The van der Waals surface area contributed by atoms with Crippen LogP contribution in [0.2, 0.25) is 0 Å². The standard InChI is InChI=1S/C24H27F2N5O5S/c25-17-2-1-16(19(26)12-17)14-29-23(32)20-21(27)18-11-15(13-28-22(18)31(34)24(20)33)3-9-37(35)10-6-30-4-7-36-8-5-30/h1-2,11-13,34H,3-10,14,27H2,(H,29,32). The Labute approximate surface area is 213 Å². The minimum atomic E-state index is -1.09. The van der Waals surface area contributed by atoms with Crippen LogP contribution in [0.3, 0.4) is 0 Å². The first-order chi connectivity index (χ1) is 17.7. The van der Waals surface area contributed by atoms with Crippen LogP contribution in [0, 0.1) is 11.6 Å². The Morgan fingerprint density at radius 3 is 2.70 bits per heavy atom. The summed E-state index contributed by atoms with van der Waals surface area (Å²) in [6.07, 6.45) is 1.86. The molecular formula is C24H27F2N5O5S. The van der Waals surface area contributed by atoms with E-state index < -0.39 is 39.5 Å². The van der Waals surface area contributed by atoms with Gasteiger partial charge in [-0.05, 0) is 24.1 Å². The number of hydrogen-bond acceptors (Lipinski definition) is 8. The van der Waals surface area contributed by atoms with Crippen molar-refractivity contribution in [2.75, 3.05) is 50.1 Å². The van der Waals surface area contributed by atoms with Crippen LogP contribution in [0.5, 0.6) is 0 Å². The number of nitrogen functional groups attached to an aromatic ring is 1. The molecule has 0 bridgehead atoms. The van der Waals surface area contributed by atoms with Crippen molar-refractivity contribution in [3.8, 4) is 0 Å². The van der Waals surface area contributed by atoms with Gasteiger partial charge >= 0.3 is 0 Å². The van der Waals surface area contributed by atoms with Crippen LogP contribution in [-0.2, 0) is 28.5 Å². The van der Waals surface area contributed by atoms with E-state index >= 15 is 0 Å². The van der Waals surface area contributed by atoms with E-state index in [4.69, 9.17) is 10.5 Å². The number of pyridine rings is 2. The highest BCUT2D eigenvalue weighted by atomic mass is 32.2. The van der Waals surface area contributed by atoms with Gasteiger partial charge < -0.3 is 21.0 Å². The van der Waals surface area contributed by atoms with Gasteiger partial charge in [-0.15, -0.1) is 4.73 Å². The Balaban J connectivity index is 1.47. The van der Waals surface area contributed by atoms with E-state index in [1.165, 1.54) is 12.3 Å². The highest BCUT2D eigenvalue weighted by Gasteiger charge is 2.22. The summed E-state index contributed by atoms with van der Waals surface area (Å²) >= 11 is 0. The first-order valence-electron chi connectivity index (χ1n) is 11.6. The molecule has 4 N–H and O–H groups in total. The van der Waals surface area contributed by atoms with Gasteiger partial charge in [0.1, 0.15) is 17.2 Å². The molecule has 10 nitrogen and oxygen atoms in total. The van der Waals surface area contributed by atoms with Crippen LogP contribution in [0.25, 0.3) is 11.0 Å². The number of halogens is 2. The lowest BCUT2D eigenvalue weighted by molar-refractivity contribution is 0.0409. The van der Waals surface area contributed by atoms with Crippen LogP contribution >= 0.6 is 0 Å². The van der Waals surface area contributed by atoms with E-state index in [1.807, 2.05) is 0 Å². The number of hydrogen-bond donors (Lipinski definition) is 3. The molecule has 3 heterocycles. The molecule has 0 spiro atoms. The molecule has 0 saturated carbocycles. The number of carbonyl (C=O) groups is 1. The van der Waals surface area contributed by atoms with Gasteiger partial charge in [-0.3, -0.25) is 18.7 Å². The van der Waals surface area contributed by atoms with Crippen LogP contribution in [0.15, 0.2) is 35.3 Å². The first-order valence-corrected chi connectivity index (χ1v) is 13.1. The maximum atomic E-state index is 13.9. The van der Waals surface area contributed by atoms with Crippen molar-refractivity contribution in [1.29, 1.82) is 0 Å². The number of nitrogens with one attached hydrogen (secondary N) is 1. The maximum absolute atomic E-state index is 13.9. The third-order valence-corrected chi connectivity index (χ3v) is 7.43. The zero-order valence-electron chi connectivity index (χ0n) is 19.9. The quantitative estimate of drug-likeness (QED) is 0.346. The fraction of sp³-hybridized carbons (Fsp3) is 0.375. The maximum Gasteiger partial charge on any atom is 0.299 e. The van der Waals surface area contributed by atoms with Gasteiger partial charge in [0.25, 0.3) is 11.5 Å². The van der Waals surface area contributed by atoms with Gasteiger partial charge in [-0.25, -0.2) is 13.8 Å². The number of aromatic nitrogens is 2. The highest BCUT2D eigenvalue weighted by molar-refractivity contribution is 7.85. The average Bonchev–Trinajstić information content (AvgIpc) is 2.89.